The molecular weight excluding hydrogens is 316 g/mol. The van der Waals surface area contributed by atoms with Gasteiger partial charge in [0, 0.05) is 6.54 Å². The van der Waals surface area contributed by atoms with Crippen molar-refractivity contribution in [2.45, 2.75) is 90.4 Å². The lowest BCUT2D eigenvalue weighted by molar-refractivity contribution is 0.570. The van der Waals surface area contributed by atoms with Gasteiger partial charge in [-0.2, -0.15) is 5.26 Å². The number of benzene rings is 1. The smallest absolute Gasteiger partial charge is 0.101 e. The SMILES string of the molecule is C=C(CCCCCCCCCC)CCCCCNc1ccccc1C#N. The zero-order valence-electron chi connectivity index (χ0n) is 16.9. The maximum atomic E-state index is 9.07. The second kappa shape index (κ2) is 15.5. The van der Waals surface area contributed by atoms with Gasteiger partial charge < -0.3 is 5.32 Å². The standard InChI is InChI=1S/C24H38N2/c1-3-4-5-6-7-8-9-11-16-22(2)17-12-10-15-20-26-24-19-14-13-18-23(24)21-25/h13-14,18-19,26H,2-12,15-17,20H2,1H3. The van der Waals surface area contributed by atoms with Gasteiger partial charge in [-0.05, 0) is 44.2 Å². The fourth-order valence-electron chi connectivity index (χ4n) is 3.27. The number of unbranched alkanes of at least 4 members (excludes halogenated alkanes) is 9. The Hall–Kier alpha value is -1.75. The number of nitrogens with zero attached hydrogens (tertiary/aromatic N) is 1. The van der Waals surface area contributed by atoms with Crippen LogP contribution in [0.1, 0.15) is 96.0 Å². The average Bonchev–Trinajstić information content (AvgIpc) is 2.67. The molecule has 0 saturated carbocycles. The minimum Gasteiger partial charge on any atom is -0.384 e. The third-order valence-electron chi connectivity index (χ3n) is 4.95. The molecule has 2 heteroatoms. The summed E-state index contributed by atoms with van der Waals surface area (Å²) >= 11 is 0. The molecular formula is C24H38N2. The fourth-order valence-corrected chi connectivity index (χ4v) is 3.27. The third-order valence-corrected chi connectivity index (χ3v) is 4.95. The molecule has 0 unspecified atom stereocenters. The Morgan fingerprint density at radius 1 is 0.885 bits per heavy atom. The summed E-state index contributed by atoms with van der Waals surface area (Å²) in [5, 5.41) is 12.4. The van der Waals surface area contributed by atoms with Gasteiger partial charge >= 0.3 is 0 Å². The first-order valence-corrected chi connectivity index (χ1v) is 10.7. The molecule has 0 bridgehead atoms. The molecule has 1 N–H and O–H groups in total. The number of nitrogens with one attached hydrogen (secondary N) is 1. The molecule has 0 spiro atoms. The van der Waals surface area contributed by atoms with E-state index in [1.165, 1.54) is 82.6 Å². The topological polar surface area (TPSA) is 35.8 Å². The summed E-state index contributed by atoms with van der Waals surface area (Å²) < 4.78 is 0. The molecule has 0 amide bonds. The molecule has 0 radical (unpaired) electrons. The van der Waals surface area contributed by atoms with Gasteiger partial charge in [-0.3, -0.25) is 0 Å². The van der Waals surface area contributed by atoms with E-state index in [1.807, 2.05) is 24.3 Å². The number of rotatable bonds is 16. The average molecular weight is 355 g/mol. The van der Waals surface area contributed by atoms with Crippen LogP contribution in [0.5, 0.6) is 0 Å². The monoisotopic (exact) mass is 354 g/mol. The molecule has 0 aromatic heterocycles. The summed E-state index contributed by atoms with van der Waals surface area (Å²) in [4.78, 5) is 0. The Morgan fingerprint density at radius 2 is 1.46 bits per heavy atom. The van der Waals surface area contributed by atoms with E-state index in [9.17, 15) is 0 Å². The van der Waals surface area contributed by atoms with E-state index < -0.39 is 0 Å². The molecule has 0 fully saturated rings. The van der Waals surface area contributed by atoms with Crippen LogP contribution in [0.25, 0.3) is 0 Å². The van der Waals surface area contributed by atoms with E-state index >= 15 is 0 Å². The lowest BCUT2D eigenvalue weighted by atomic mass is 10.0. The Morgan fingerprint density at radius 3 is 2.12 bits per heavy atom. The van der Waals surface area contributed by atoms with Crippen LogP contribution in [0.4, 0.5) is 5.69 Å². The van der Waals surface area contributed by atoms with Gasteiger partial charge in [0.2, 0.25) is 0 Å². The minimum absolute atomic E-state index is 0.728. The summed E-state index contributed by atoms with van der Waals surface area (Å²) in [6, 6.07) is 9.94. The van der Waals surface area contributed by atoms with Crippen molar-refractivity contribution in [1.82, 2.24) is 0 Å². The summed E-state index contributed by atoms with van der Waals surface area (Å²) in [6.07, 6.45) is 17.0. The lowest BCUT2D eigenvalue weighted by Gasteiger charge is -2.09. The number of hydrogen-bond acceptors (Lipinski definition) is 2. The molecule has 2 nitrogen and oxygen atoms in total. The second-order valence-corrected chi connectivity index (χ2v) is 7.37. The van der Waals surface area contributed by atoms with Crippen molar-refractivity contribution in [3.63, 3.8) is 0 Å². The first kappa shape index (κ1) is 22.3. The third kappa shape index (κ3) is 11.0. The fraction of sp³-hybridized carbons (Fsp3) is 0.625. The number of anilines is 1. The first-order chi connectivity index (χ1) is 12.8. The first-order valence-electron chi connectivity index (χ1n) is 10.7. The van der Waals surface area contributed by atoms with Crippen molar-refractivity contribution in [3.8, 4) is 6.07 Å². The van der Waals surface area contributed by atoms with Gasteiger partial charge in [-0.1, -0.05) is 82.6 Å². The van der Waals surface area contributed by atoms with E-state index in [0.29, 0.717) is 0 Å². The van der Waals surface area contributed by atoms with E-state index in [2.05, 4.69) is 24.9 Å². The highest BCUT2D eigenvalue weighted by atomic mass is 14.9. The molecule has 1 aromatic carbocycles. The lowest BCUT2D eigenvalue weighted by Crippen LogP contribution is -2.03. The van der Waals surface area contributed by atoms with Crippen LogP contribution in [0, 0.1) is 11.3 Å². The van der Waals surface area contributed by atoms with Crippen molar-refractivity contribution in [3.05, 3.63) is 42.0 Å². The van der Waals surface area contributed by atoms with Gasteiger partial charge in [-0.25, -0.2) is 0 Å². The molecule has 1 rings (SSSR count). The molecule has 0 aliphatic rings. The molecule has 0 saturated heterocycles. The molecule has 0 aliphatic heterocycles. The predicted octanol–water partition coefficient (Wildman–Crippen LogP) is 7.62. The van der Waals surface area contributed by atoms with Crippen molar-refractivity contribution in [2.24, 2.45) is 0 Å². The zero-order valence-corrected chi connectivity index (χ0v) is 16.9. The second-order valence-electron chi connectivity index (χ2n) is 7.37. The molecule has 0 atom stereocenters. The highest BCUT2D eigenvalue weighted by Crippen LogP contribution is 2.17. The van der Waals surface area contributed by atoms with Gasteiger partial charge in [0.25, 0.3) is 0 Å². The van der Waals surface area contributed by atoms with Gasteiger partial charge in [0.1, 0.15) is 6.07 Å². The molecule has 26 heavy (non-hydrogen) atoms. The van der Waals surface area contributed by atoms with Gasteiger partial charge in [0.15, 0.2) is 0 Å². The van der Waals surface area contributed by atoms with Crippen LogP contribution in [0.3, 0.4) is 0 Å². The quantitative estimate of drug-likeness (QED) is 0.245. The van der Waals surface area contributed by atoms with Gasteiger partial charge in [0.05, 0.1) is 11.3 Å². The Bertz CT molecular complexity index is 527. The Balaban J connectivity index is 1.93. The Labute approximate surface area is 161 Å². The minimum atomic E-state index is 0.728. The molecule has 144 valence electrons. The maximum absolute atomic E-state index is 9.07. The summed E-state index contributed by atoms with van der Waals surface area (Å²) in [7, 11) is 0. The van der Waals surface area contributed by atoms with Crippen molar-refractivity contribution in [2.75, 3.05) is 11.9 Å². The predicted molar refractivity (Wildman–Crippen MR) is 114 cm³/mol. The highest BCUT2D eigenvalue weighted by molar-refractivity contribution is 5.56. The number of hydrogen-bond donors (Lipinski definition) is 1. The van der Waals surface area contributed by atoms with Crippen LogP contribution < -0.4 is 5.32 Å². The van der Waals surface area contributed by atoms with Crippen LogP contribution in [0.15, 0.2) is 36.4 Å². The van der Waals surface area contributed by atoms with Crippen molar-refractivity contribution < 1.29 is 0 Å². The molecule has 0 aliphatic carbocycles. The normalized spacial score (nSPS) is 10.5. The van der Waals surface area contributed by atoms with Crippen LogP contribution in [-0.4, -0.2) is 6.54 Å². The van der Waals surface area contributed by atoms with Crippen molar-refractivity contribution >= 4 is 5.69 Å². The number of para-hydroxylation sites is 1. The maximum Gasteiger partial charge on any atom is 0.101 e. The summed E-state index contributed by atoms with van der Waals surface area (Å²) in [6.45, 7) is 7.46. The zero-order chi connectivity index (χ0) is 18.9. The molecule has 0 heterocycles. The van der Waals surface area contributed by atoms with Gasteiger partial charge in [-0.15, -0.1) is 0 Å². The van der Waals surface area contributed by atoms with E-state index in [1.54, 1.807) is 0 Å². The Kier molecular flexibility index (Phi) is 13.3. The largest absolute Gasteiger partial charge is 0.384 e. The van der Waals surface area contributed by atoms with Crippen LogP contribution in [-0.2, 0) is 0 Å². The van der Waals surface area contributed by atoms with E-state index in [4.69, 9.17) is 5.26 Å². The van der Waals surface area contributed by atoms with E-state index in [-0.39, 0.29) is 0 Å². The summed E-state index contributed by atoms with van der Waals surface area (Å²) in [5.41, 5.74) is 3.11. The number of nitriles is 1. The number of allylic oxidation sites excluding steroid dienone is 1. The van der Waals surface area contributed by atoms with Crippen LogP contribution >= 0.6 is 0 Å². The van der Waals surface area contributed by atoms with Crippen molar-refractivity contribution in [1.29, 1.82) is 5.26 Å². The van der Waals surface area contributed by atoms with Crippen LogP contribution in [0.2, 0.25) is 0 Å². The van der Waals surface area contributed by atoms with E-state index in [0.717, 1.165) is 24.2 Å². The molecule has 1 aromatic rings. The summed E-state index contributed by atoms with van der Waals surface area (Å²) in [5.74, 6) is 0. The highest BCUT2D eigenvalue weighted by Gasteiger charge is 2.00.